The maximum Gasteiger partial charge on any atom is 0.326 e. The van der Waals surface area contributed by atoms with E-state index in [0.29, 0.717) is 11.3 Å². The van der Waals surface area contributed by atoms with Gasteiger partial charge in [0.2, 0.25) is 0 Å². The summed E-state index contributed by atoms with van der Waals surface area (Å²) in [6, 6.07) is 5.41. The third-order valence-electron chi connectivity index (χ3n) is 2.19. The number of hydrogen-bond donors (Lipinski definition) is 1. The largest absolute Gasteiger partial charge is 0.496 e. The molecule has 0 fully saturated rings. The Kier molecular flexibility index (Phi) is 3.97. The number of rotatable bonds is 4. The number of carboxylic acids is 1. The van der Waals surface area contributed by atoms with Crippen molar-refractivity contribution in [1.29, 1.82) is 0 Å². The molecule has 1 aromatic rings. The van der Waals surface area contributed by atoms with Crippen molar-refractivity contribution in [3.8, 4) is 5.75 Å². The van der Waals surface area contributed by atoms with Gasteiger partial charge in [0, 0.05) is 5.56 Å². The molecular formula is C11H13ClO3. The topological polar surface area (TPSA) is 46.5 Å². The second kappa shape index (κ2) is 5.03. The van der Waals surface area contributed by atoms with E-state index in [9.17, 15) is 4.79 Å². The minimum Gasteiger partial charge on any atom is -0.496 e. The molecule has 1 atom stereocenters. The second-order valence-corrected chi connectivity index (χ2v) is 3.57. The van der Waals surface area contributed by atoms with E-state index in [1.54, 1.807) is 12.1 Å². The number of ether oxygens (including phenoxy) is 1. The number of carbonyl (C=O) groups is 1. The minimum absolute atomic E-state index is 0.506. The molecule has 0 saturated heterocycles. The molecule has 3 nitrogen and oxygen atoms in total. The molecular weight excluding hydrogens is 216 g/mol. The normalized spacial score (nSPS) is 12.2. The van der Waals surface area contributed by atoms with E-state index in [2.05, 4.69) is 0 Å². The van der Waals surface area contributed by atoms with Crippen LogP contribution in [0.15, 0.2) is 18.2 Å². The van der Waals surface area contributed by atoms with Gasteiger partial charge in [-0.25, -0.2) is 0 Å². The van der Waals surface area contributed by atoms with Gasteiger partial charge in [-0.3, -0.25) is 4.79 Å². The van der Waals surface area contributed by atoms with Crippen LogP contribution < -0.4 is 4.74 Å². The molecule has 0 aliphatic heterocycles. The number of methoxy groups -OCH3 is 1. The summed E-state index contributed by atoms with van der Waals surface area (Å²) < 4.78 is 5.07. The Labute approximate surface area is 93.6 Å². The molecule has 0 radical (unpaired) electrons. The van der Waals surface area contributed by atoms with Crippen LogP contribution in [0.4, 0.5) is 0 Å². The highest BCUT2D eigenvalue weighted by Gasteiger charge is 2.20. The fourth-order valence-corrected chi connectivity index (χ4v) is 1.51. The van der Waals surface area contributed by atoms with Gasteiger partial charge in [0.15, 0.2) is 5.38 Å². The summed E-state index contributed by atoms with van der Waals surface area (Å²) in [6.07, 6.45) is 0.834. The zero-order valence-corrected chi connectivity index (χ0v) is 9.41. The van der Waals surface area contributed by atoms with Crippen molar-refractivity contribution < 1.29 is 14.6 Å². The van der Waals surface area contributed by atoms with Gasteiger partial charge in [-0.1, -0.05) is 19.1 Å². The molecule has 15 heavy (non-hydrogen) atoms. The number of alkyl halides is 1. The summed E-state index contributed by atoms with van der Waals surface area (Å²) in [7, 11) is 1.50. The molecule has 1 rings (SSSR count). The van der Waals surface area contributed by atoms with E-state index < -0.39 is 11.3 Å². The first-order valence-electron chi connectivity index (χ1n) is 4.63. The van der Waals surface area contributed by atoms with Gasteiger partial charge in [0.1, 0.15) is 5.75 Å². The quantitative estimate of drug-likeness (QED) is 0.806. The van der Waals surface area contributed by atoms with Gasteiger partial charge in [0.25, 0.3) is 0 Å². The molecule has 0 bridgehead atoms. The molecule has 1 N–H and O–H groups in total. The Morgan fingerprint density at radius 2 is 2.27 bits per heavy atom. The van der Waals surface area contributed by atoms with Gasteiger partial charge in [-0.2, -0.15) is 0 Å². The Morgan fingerprint density at radius 1 is 1.60 bits per heavy atom. The van der Waals surface area contributed by atoms with E-state index in [1.807, 2.05) is 13.0 Å². The van der Waals surface area contributed by atoms with Crippen LogP contribution in [0.3, 0.4) is 0 Å². The molecule has 0 saturated carbocycles. The predicted molar refractivity (Wildman–Crippen MR) is 58.6 cm³/mol. The first-order chi connectivity index (χ1) is 7.10. The number of aliphatic carboxylic acids is 1. The summed E-state index contributed by atoms with van der Waals surface area (Å²) in [5.74, 6) is -0.558. The molecule has 1 aromatic carbocycles. The molecule has 82 valence electrons. The summed E-state index contributed by atoms with van der Waals surface area (Å²) in [6.45, 7) is 2.00. The number of hydrogen-bond acceptors (Lipinski definition) is 2. The van der Waals surface area contributed by atoms with E-state index in [4.69, 9.17) is 21.4 Å². The Balaban J connectivity index is 3.16. The van der Waals surface area contributed by atoms with Crippen LogP contribution in [0.5, 0.6) is 5.75 Å². The van der Waals surface area contributed by atoms with E-state index in [-0.39, 0.29) is 0 Å². The second-order valence-electron chi connectivity index (χ2n) is 3.13. The Bertz CT molecular complexity index is 363. The fraction of sp³-hybridized carbons (Fsp3) is 0.364. The summed E-state index contributed by atoms with van der Waals surface area (Å²) in [5.41, 5.74) is 1.55. The number of halogens is 1. The molecule has 1 unspecified atom stereocenters. The third-order valence-corrected chi connectivity index (χ3v) is 2.61. The van der Waals surface area contributed by atoms with E-state index in [0.717, 1.165) is 12.0 Å². The van der Waals surface area contributed by atoms with Crippen LogP contribution in [0.2, 0.25) is 0 Å². The van der Waals surface area contributed by atoms with E-state index in [1.165, 1.54) is 7.11 Å². The molecule has 0 aromatic heterocycles. The highest BCUT2D eigenvalue weighted by Crippen LogP contribution is 2.30. The van der Waals surface area contributed by atoms with Crippen molar-refractivity contribution in [2.24, 2.45) is 0 Å². The van der Waals surface area contributed by atoms with Crippen molar-refractivity contribution in [3.05, 3.63) is 29.3 Å². The number of aryl methyl sites for hydroxylation is 1. The van der Waals surface area contributed by atoms with Crippen LogP contribution >= 0.6 is 11.6 Å². The summed E-state index contributed by atoms with van der Waals surface area (Å²) >= 11 is 5.77. The van der Waals surface area contributed by atoms with E-state index >= 15 is 0 Å². The molecule has 0 aliphatic carbocycles. The van der Waals surface area contributed by atoms with Crippen LogP contribution in [-0.2, 0) is 11.2 Å². The zero-order valence-electron chi connectivity index (χ0n) is 8.66. The molecule has 4 heteroatoms. The summed E-state index contributed by atoms with van der Waals surface area (Å²) in [4.78, 5) is 10.8. The molecule has 0 spiro atoms. The fourth-order valence-electron chi connectivity index (χ4n) is 1.33. The third kappa shape index (κ3) is 2.63. The maximum absolute atomic E-state index is 10.8. The van der Waals surface area contributed by atoms with Gasteiger partial charge in [-0.15, -0.1) is 11.6 Å². The lowest BCUT2D eigenvalue weighted by atomic mass is 10.0. The zero-order chi connectivity index (χ0) is 11.4. The maximum atomic E-state index is 10.8. The monoisotopic (exact) mass is 228 g/mol. The van der Waals surface area contributed by atoms with Crippen LogP contribution in [0.1, 0.15) is 23.4 Å². The first kappa shape index (κ1) is 11.9. The SMILES string of the molecule is CCc1ccc(OC)c(C(Cl)C(=O)O)c1. The smallest absolute Gasteiger partial charge is 0.326 e. The van der Waals surface area contributed by atoms with Gasteiger partial charge in [0.05, 0.1) is 7.11 Å². The van der Waals surface area contributed by atoms with Crippen molar-refractivity contribution in [3.63, 3.8) is 0 Å². The minimum atomic E-state index is -1.07. The standard InChI is InChI=1S/C11H13ClO3/c1-3-7-4-5-9(15-2)8(6-7)10(12)11(13)14/h4-6,10H,3H2,1-2H3,(H,13,14). The van der Waals surface area contributed by atoms with Gasteiger partial charge < -0.3 is 9.84 Å². The predicted octanol–water partition coefficient (Wildman–Crippen LogP) is 2.62. The van der Waals surface area contributed by atoms with Gasteiger partial charge >= 0.3 is 5.97 Å². The number of benzene rings is 1. The lowest BCUT2D eigenvalue weighted by molar-refractivity contribution is -0.136. The van der Waals surface area contributed by atoms with Crippen LogP contribution in [0, 0.1) is 0 Å². The van der Waals surface area contributed by atoms with Crippen molar-refractivity contribution in [2.75, 3.05) is 7.11 Å². The summed E-state index contributed by atoms with van der Waals surface area (Å²) in [5, 5.41) is 7.77. The molecule has 0 aliphatic rings. The van der Waals surface area contributed by atoms with Gasteiger partial charge in [-0.05, 0) is 18.1 Å². The average Bonchev–Trinajstić information content (AvgIpc) is 2.27. The van der Waals surface area contributed by atoms with Crippen molar-refractivity contribution >= 4 is 17.6 Å². The average molecular weight is 229 g/mol. The first-order valence-corrected chi connectivity index (χ1v) is 5.07. The number of carboxylic acid groups (broad SMARTS) is 1. The Morgan fingerprint density at radius 3 is 2.73 bits per heavy atom. The highest BCUT2D eigenvalue weighted by atomic mass is 35.5. The lowest BCUT2D eigenvalue weighted by Crippen LogP contribution is -2.07. The molecule has 0 heterocycles. The van der Waals surface area contributed by atoms with Crippen molar-refractivity contribution in [2.45, 2.75) is 18.7 Å². The van der Waals surface area contributed by atoms with Crippen LogP contribution in [0.25, 0.3) is 0 Å². The Hall–Kier alpha value is -1.22. The lowest BCUT2D eigenvalue weighted by Gasteiger charge is -2.11. The highest BCUT2D eigenvalue weighted by molar-refractivity contribution is 6.29. The molecule has 0 amide bonds. The van der Waals surface area contributed by atoms with Crippen molar-refractivity contribution in [1.82, 2.24) is 0 Å². The van der Waals surface area contributed by atoms with Crippen LogP contribution in [-0.4, -0.2) is 18.2 Å².